The maximum atomic E-state index is 13.4. The molecule has 0 heterocycles. The number of nitrogens with one attached hydrogen (secondary N) is 1. The quantitative estimate of drug-likeness (QED) is 0.564. The fourth-order valence-corrected chi connectivity index (χ4v) is 2.12. The van der Waals surface area contributed by atoms with E-state index in [1.165, 1.54) is 6.07 Å². The summed E-state index contributed by atoms with van der Waals surface area (Å²) < 4.78 is 13.9. The number of anilines is 2. The lowest BCUT2D eigenvalue weighted by Crippen LogP contribution is -2.33. The molecule has 0 radical (unpaired) electrons. The molecule has 1 atom stereocenters. The second-order valence-electron chi connectivity index (χ2n) is 4.45. The topological polar surface area (TPSA) is 58.3 Å². The zero-order valence-corrected chi connectivity index (χ0v) is 12.2. The summed E-state index contributed by atoms with van der Waals surface area (Å²) >= 11 is 1.89. The standard InChI is InChI=1S/C12H18FIN2O/c1-3-4-12(2,17)7-16-11-5-8(13)9(14)6-10(11)15/h5-6,16-17H,3-4,7,15H2,1-2H3. The van der Waals surface area contributed by atoms with Gasteiger partial charge in [-0.15, -0.1) is 0 Å². The van der Waals surface area contributed by atoms with Gasteiger partial charge in [-0.3, -0.25) is 0 Å². The number of aliphatic hydroxyl groups is 1. The average molecular weight is 352 g/mol. The van der Waals surface area contributed by atoms with Crippen molar-refractivity contribution in [2.24, 2.45) is 0 Å². The van der Waals surface area contributed by atoms with Crippen LogP contribution in [0.2, 0.25) is 0 Å². The van der Waals surface area contributed by atoms with Gasteiger partial charge in [-0.05, 0) is 42.0 Å². The number of nitrogens with two attached hydrogens (primary N) is 1. The van der Waals surface area contributed by atoms with E-state index in [1.54, 1.807) is 13.0 Å². The molecule has 0 saturated carbocycles. The first-order valence-corrected chi connectivity index (χ1v) is 6.64. The highest BCUT2D eigenvalue weighted by atomic mass is 127. The minimum absolute atomic E-state index is 0.308. The van der Waals surface area contributed by atoms with Crippen molar-refractivity contribution in [2.75, 3.05) is 17.6 Å². The van der Waals surface area contributed by atoms with Crippen molar-refractivity contribution in [3.63, 3.8) is 0 Å². The van der Waals surface area contributed by atoms with E-state index in [9.17, 15) is 9.50 Å². The molecule has 0 fully saturated rings. The van der Waals surface area contributed by atoms with E-state index in [2.05, 4.69) is 5.32 Å². The van der Waals surface area contributed by atoms with Gasteiger partial charge in [0.15, 0.2) is 0 Å². The van der Waals surface area contributed by atoms with Crippen LogP contribution in [0.4, 0.5) is 15.8 Å². The Morgan fingerprint density at radius 2 is 2.18 bits per heavy atom. The molecule has 5 heteroatoms. The summed E-state index contributed by atoms with van der Waals surface area (Å²) in [7, 11) is 0. The monoisotopic (exact) mass is 352 g/mol. The highest BCUT2D eigenvalue weighted by Crippen LogP contribution is 2.25. The fourth-order valence-electron chi connectivity index (χ4n) is 1.63. The van der Waals surface area contributed by atoms with E-state index >= 15 is 0 Å². The maximum Gasteiger partial charge on any atom is 0.138 e. The molecule has 96 valence electrons. The Morgan fingerprint density at radius 3 is 2.76 bits per heavy atom. The van der Waals surface area contributed by atoms with E-state index in [0.717, 1.165) is 6.42 Å². The van der Waals surface area contributed by atoms with Gasteiger partial charge >= 0.3 is 0 Å². The van der Waals surface area contributed by atoms with Crippen LogP contribution in [0.5, 0.6) is 0 Å². The lowest BCUT2D eigenvalue weighted by molar-refractivity contribution is 0.0637. The molecule has 0 bridgehead atoms. The summed E-state index contributed by atoms with van der Waals surface area (Å²) in [5.74, 6) is -0.308. The Kier molecular flexibility index (Phi) is 5.00. The smallest absolute Gasteiger partial charge is 0.138 e. The Balaban J connectivity index is 2.73. The van der Waals surface area contributed by atoms with Gasteiger partial charge in [-0.25, -0.2) is 4.39 Å². The van der Waals surface area contributed by atoms with E-state index < -0.39 is 5.60 Å². The third kappa shape index (κ3) is 4.31. The van der Waals surface area contributed by atoms with Crippen LogP contribution in [0.25, 0.3) is 0 Å². The van der Waals surface area contributed by atoms with E-state index in [0.29, 0.717) is 27.9 Å². The minimum Gasteiger partial charge on any atom is -0.397 e. The number of hydrogen-bond donors (Lipinski definition) is 3. The second-order valence-corrected chi connectivity index (χ2v) is 5.62. The Hall–Kier alpha value is -0.560. The molecular weight excluding hydrogens is 334 g/mol. The van der Waals surface area contributed by atoms with Crippen molar-refractivity contribution < 1.29 is 9.50 Å². The lowest BCUT2D eigenvalue weighted by Gasteiger charge is -2.24. The maximum absolute atomic E-state index is 13.4. The first-order valence-electron chi connectivity index (χ1n) is 5.56. The van der Waals surface area contributed by atoms with Crippen LogP contribution >= 0.6 is 22.6 Å². The number of benzene rings is 1. The van der Waals surface area contributed by atoms with Crippen molar-refractivity contribution in [3.05, 3.63) is 21.5 Å². The molecule has 0 aliphatic heterocycles. The number of nitrogen functional groups attached to an aromatic ring is 1. The van der Waals surface area contributed by atoms with E-state index in [1.807, 2.05) is 29.5 Å². The Morgan fingerprint density at radius 1 is 1.53 bits per heavy atom. The zero-order valence-electron chi connectivity index (χ0n) is 10.1. The molecule has 17 heavy (non-hydrogen) atoms. The molecule has 1 aromatic rings. The third-order valence-corrected chi connectivity index (χ3v) is 3.37. The summed E-state index contributed by atoms with van der Waals surface area (Å²) in [5.41, 5.74) is 5.99. The molecule has 4 N–H and O–H groups in total. The first kappa shape index (κ1) is 14.5. The highest BCUT2D eigenvalue weighted by Gasteiger charge is 2.19. The van der Waals surface area contributed by atoms with Gasteiger partial charge in [0.25, 0.3) is 0 Å². The Bertz CT molecular complexity index is 396. The largest absolute Gasteiger partial charge is 0.397 e. The van der Waals surface area contributed by atoms with Crippen molar-refractivity contribution >= 4 is 34.0 Å². The fraction of sp³-hybridized carbons (Fsp3) is 0.500. The lowest BCUT2D eigenvalue weighted by atomic mass is 10.0. The van der Waals surface area contributed by atoms with E-state index in [4.69, 9.17) is 5.73 Å². The van der Waals surface area contributed by atoms with Gasteiger partial charge < -0.3 is 16.2 Å². The SMILES string of the molecule is CCCC(C)(O)CNc1cc(F)c(I)cc1N. The highest BCUT2D eigenvalue weighted by molar-refractivity contribution is 14.1. The zero-order chi connectivity index (χ0) is 13.1. The van der Waals surface area contributed by atoms with Gasteiger partial charge in [0, 0.05) is 12.6 Å². The molecule has 0 saturated heterocycles. The van der Waals surface area contributed by atoms with Crippen molar-refractivity contribution in [3.8, 4) is 0 Å². The predicted molar refractivity (Wildman–Crippen MR) is 77.6 cm³/mol. The average Bonchev–Trinajstić information content (AvgIpc) is 2.21. The van der Waals surface area contributed by atoms with Crippen LogP contribution in [-0.4, -0.2) is 17.3 Å². The third-order valence-electron chi connectivity index (χ3n) is 2.54. The molecule has 1 aromatic carbocycles. The van der Waals surface area contributed by atoms with Crippen molar-refractivity contribution in [1.29, 1.82) is 0 Å². The van der Waals surface area contributed by atoms with Crippen LogP contribution in [-0.2, 0) is 0 Å². The molecule has 1 rings (SSSR count). The molecular formula is C12H18FIN2O. The molecule has 0 aliphatic rings. The van der Waals surface area contributed by atoms with Crippen LogP contribution in [0, 0.1) is 9.39 Å². The summed E-state index contributed by atoms with van der Waals surface area (Å²) in [6.07, 6.45) is 1.58. The van der Waals surface area contributed by atoms with Crippen LogP contribution in [0.1, 0.15) is 26.7 Å². The summed E-state index contributed by atoms with van der Waals surface area (Å²) in [6, 6.07) is 2.94. The first-order chi connectivity index (χ1) is 7.85. The molecule has 0 spiro atoms. The van der Waals surface area contributed by atoms with Gasteiger partial charge in [-0.2, -0.15) is 0 Å². The number of halogens is 2. The molecule has 3 nitrogen and oxygen atoms in total. The van der Waals surface area contributed by atoms with Crippen molar-refractivity contribution in [2.45, 2.75) is 32.3 Å². The molecule has 1 unspecified atom stereocenters. The molecule has 0 aromatic heterocycles. The summed E-state index contributed by atoms with van der Waals surface area (Å²) in [4.78, 5) is 0. The summed E-state index contributed by atoms with van der Waals surface area (Å²) in [6.45, 7) is 4.11. The normalized spacial score (nSPS) is 14.4. The summed E-state index contributed by atoms with van der Waals surface area (Å²) in [5, 5.41) is 13.0. The number of hydrogen-bond acceptors (Lipinski definition) is 3. The predicted octanol–water partition coefficient (Wildman–Crippen LogP) is 2.98. The van der Waals surface area contributed by atoms with Crippen LogP contribution in [0.3, 0.4) is 0 Å². The molecule has 0 aliphatic carbocycles. The second kappa shape index (κ2) is 5.86. The number of rotatable bonds is 5. The van der Waals surface area contributed by atoms with Crippen LogP contribution in [0.15, 0.2) is 12.1 Å². The minimum atomic E-state index is -0.805. The van der Waals surface area contributed by atoms with Gasteiger partial charge in [0.2, 0.25) is 0 Å². The van der Waals surface area contributed by atoms with E-state index in [-0.39, 0.29) is 5.82 Å². The Labute approximate surface area is 115 Å². The van der Waals surface area contributed by atoms with Crippen LogP contribution < -0.4 is 11.1 Å². The molecule has 0 amide bonds. The van der Waals surface area contributed by atoms with Gasteiger partial charge in [0.1, 0.15) is 5.82 Å². The van der Waals surface area contributed by atoms with Crippen molar-refractivity contribution in [1.82, 2.24) is 0 Å². The van der Waals surface area contributed by atoms with Gasteiger partial charge in [0.05, 0.1) is 20.5 Å². The van der Waals surface area contributed by atoms with Gasteiger partial charge in [-0.1, -0.05) is 13.3 Å².